The van der Waals surface area contributed by atoms with Gasteiger partial charge in [0.05, 0.1) is 11.9 Å². The van der Waals surface area contributed by atoms with Crippen molar-refractivity contribution >= 4 is 10.8 Å². The molecule has 1 aromatic carbocycles. The highest BCUT2D eigenvalue weighted by Gasteiger charge is 2.08. The first-order valence-corrected chi connectivity index (χ1v) is 7.53. The van der Waals surface area contributed by atoms with Crippen LogP contribution in [0, 0.1) is 0 Å². The Morgan fingerprint density at radius 1 is 1.10 bits per heavy atom. The van der Waals surface area contributed by atoms with E-state index in [2.05, 4.69) is 48.2 Å². The summed E-state index contributed by atoms with van der Waals surface area (Å²) in [4.78, 5) is 4.58. The summed E-state index contributed by atoms with van der Waals surface area (Å²) in [5, 5.41) is 6.67. The molecule has 0 unspecified atom stereocenters. The Morgan fingerprint density at radius 3 is 2.48 bits per heavy atom. The molecule has 3 nitrogen and oxygen atoms in total. The van der Waals surface area contributed by atoms with E-state index in [4.69, 9.17) is 0 Å². The lowest BCUT2D eigenvalue weighted by Gasteiger charge is -2.10. The maximum Gasteiger partial charge on any atom is 0.0739 e. The van der Waals surface area contributed by atoms with Crippen molar-refractivity contribution in [3.05, 3.63) is 48.4 Å². The van der Waals surface area contributed by atoms with E-state index in [1.807, 2.05) is 39.5 Å². The minimum atomic E-state index is 0.509. The molecular formula is C18H23N3. The zero-order valence-electron chi connectivity index (χ0n) is 13.5. The molecule has 0 bridgehead atoms. The second-order valence-electron chi connectivity index (χ2n) is 5.20. The molecule has 0 saturated heterocycles. The molecule has 2 aromatic heterocycles. The third-order valence-electron chi connectivity index (χ3n) is 3.42. The smallest absolute Gasteiger partial charge is 0.0739 e. The summed E-state index contributed by atoms with van der Waals surface area (Å²) in [5.74, 6) is 0.509. The van der Waals surface area contributed by atoms with Crippen LogP contribution < -0.4 is 0 Å². The highest BCUT2D eigenvalue weighted by Crippen LogP contribution is 2.27. The van der Waals surface area contributed by atoms with Gasteiger partial charge in [0.2, 0.25) is 0 Å². The number of hydrogen-bond donors (Lipinski definition) is 0. The van der Waals surface area contributed by atoms with Gasteiger partial charge in [-0.25, -0.2) is 0 Å². The van der Waals surface area contributed by atoms with Crippen LogP contribution in [0.4, 0.5) is 0 Å². The maximum absolute atomic E-state index is 4.58. The van der Waals surface area contributed by atoms with Crippen LogP contribution in [0.25, 0.3) is 22.0 Å². The van der Waals surface area contributed by atoms with E-state index in [1.54, 1.807) is 4.68 Å². The summed E-state index contributed by atoms with van der Waals surface area (Å²) < 4.78 is 1.80. The Labute approximate surface area is 126 Å². The summed E-state index contributed by atoms with van der Waals surface area (Å²) in [6.07, 6.45) is 5.81. The van der Waals surface area contributed by atoms with Crippen molar-refractivity contribution in [1.82, 2.24) is 14.8 Å². The summed E-state index contributed by atoms with van der Waals surface area (Å²) in [5.41, 5.74) is 3.38. The van der Waals surface area contributed by atoms with E-state index in [-0.39, 0.29) is 0 Å². The molecule has 0 spiro atoms. The van der Waals surface area contributed by atoms with Crippen molar-refractivity contribution in [3.63, 3.8) is 0 Å². The second-order valence-corrected chi connectivity index (χ2v) is 5.20. The van der Waals surface area contributed by atoms with Crippen molar-refractivity contribution in [3.8, 4) is 11.3 Å². The zero-order chi connectivity index (χ0) is 15.4. The van der Waals surface area contributed by atoms with Crippen LogP contribution in [-0.2, 0) is 7.05 Å². The quantitative estimate of drug-likeness (QED) is 0.676. The van der Waals surface area contributed by atoms with Crippen LogP contribution in [0.15, 0.2) is 42.9 Å². The molecule has 3 heteroatoms. The third-order valence-corrected chi connectivity index (χ3v) is 3.42. The molecule has 2 heterocycles. The first-order chi connectivity index (χ1) is 10.1. The number of benzene rings is 1. The second kappa shape index (κ2) is 6.53. The molecule has 0 aliphatic rings. The van der Waals surface area contributed by atoms with E-state index in [0.29, 0.717) is 5.92 Å². The van der Waals surface area contributed by atoms with Gasteiger partial charge in [0.15, 0.2) is 0 Å². The highest BCUT2D eigenvalue weighted by atomic mass is 15.2. The predicted molar refractivity (Wildman–Crippen MR) is 89.4 cm³/mol. The maximum atomic E-state index is 4.58. The number of rotatable bonds is 2. The summed E-state index contributed by atoms with van der Waals surface area (Å²) in [6, 6.07) is 8.57. The first kappa shape index (κ1) is 15.2. The number of aromatic nitrogens is 3. The average Bonchev–Trinajstić information content (AvgIpc) is 2.94. The van der Waals surface area contributed by atoms with Gasteiger partial charge in [-0.1, -0.05) is 45.9 Å². The Kier molecular flexibility index (Phi) is 4.73. The minimum absolute atomic E-state index is 0.509. The standard InChI is InChI=1S/C16H17N3.C2H6/c1-11(2)14-6-4-5-12-7-16(17-9-15(12)14)13-8-18-19(3)10-13;1-2/h4-11H,1-3H3;1-2H3. The molecule has 0 amide bonds. The van der Waals surface area contributed by atoms with Gasteiger partial charge in [0, 0.05) is 30.4 Å². The first-order valence-electron chi connectivity index (χ1n) is 7.53. The zero-order valence-corrected chi connectivity index (χ0v) is 13.5. The van der Waals surface area contributed by atoms with Gasteiger partial charge in [-0.2, -0.15) is 5.10 Å². The van der Waals surface area contributed by atoms with Crippen LogP contribution in [-0.4, -0.2) is 14.8 Å². The summed E-state index contributed by atoms with van der Waals surface area (Å²) in [7, 11) is 1.92. The van der Waals surface area contributed by atoms with Crippen LogP contribution >= 0.6 is 0 Å². The van der Waals surface area contributed by atoms with E-state index < -0.39 is 0 Å². The minimum Gasteiger partial charge on any atom is -0.275 e. The van der Waals surface area contributed by atoms with Gasteiger partial charge in [0.1, 0.15) is 0 Å². The predicted octanol–water partition coefficient (Wildman–Crippen LogP) is 4.78. The van der Waals surface area contributed by atoms with Crippen LogP contribution in [0.2, 0.25) is 0 Å². The molecule has 0 fully saturated rings. The largest absolute Gasteiger partial charge is 0.275 e. The lowest BCUT2D eigenvalue weighted by molar-refractivity contribution is 0.768. The monoisotopic (exact) mass is 281 g/mol. The molecule has 0 N–H and O–H groups in total. The Balaban J connectivity index is 0.000000774. The van der Waals surface area contributed by atoms with Gasteiger partial charge in [-0.15, -0.1) is 0 Å². The van der Waals surface area contributed by atoms with Crippen LogP contribution in [0.1, 0.15) is 39.2 Å². The number of hydrogen-bond acceptors (Lipinski definition) is 2. The normalized spacial score (nSPS) is 10.6. The number of nitrogens with zero attached hydrogens (tertiary/aromatic N) is 3. The van der Waals surface area contributed by atoms with E-state index in [9.17, 15) is 0 Å². The Morgan fingerprint density at radius 2 is 1.86 bits per heavy atom. The highest BCUT2D eigenvalue weighted by molar-refractivity contribution is 5.88. The van der Waals surface area contributed by atoms with Crippen LogP contribution in [0.3, 0.4) is 0 Å². The van der Waals surface area contributed by atoms with Crippen molar-refractivity contribution in [1.29, 1.82) is 0 Å². The molecule has 0 radical (unpaired) electrons. The van der Waals surface area contributed by atoms with Crippen molar-refractivity contribution < 1.29 is 0 Å². The molecule has 0 saturated carbocycles. The van der Waals surface area contributed by atoms with Gasteiger partial charge >= 0.3 is 0 Å². The fourth-order valence-electron chi connectivity index (χ4n) is 2.41. The van der Waals surface area contributed by atoms with Gasteiger partial charge in [-0.05, 0) is 22.9 Å². The topological polar surface area (TPSA) is 30.7 Å². The SMILES string of the molecule is CC.CC(C)c1cccc2cc(-c3cnn(C)c3)ncc12. The molecule has 0 atom stereocenters. The molecule has 3 aromatic rings. The third kappa shape index (κ3) is 3.13. The van der Waals surface area contributed by atoms with Gasteiger partial charge < -0.3 is 0 Å². The van der Waals surface area contributed by atoms with Gasteiger partial charge in [-0.3, -0.25) is 9.67 Å². The fourth-order valence-corrected chi connectivity index (χ4v) is 2.41. The molecule has 0 aliphatic heterocycles. The van der Waals surface area contributed by atoms with Crippen LogP contribution in [0.5, 0.6) is 0 Å². The summed E-state index contributed by atoms with van der Waals surface area (Å²) >= 11 is 0. The van der Waals surface area contributed by atoms with Gasteiger partial charge in [0.25, 0.3) is 0 Å². The van der Waals surface area contributed by atoms with Crippen molar-refractivity contribution in [2.75, 3.05) is 0 Å². The fraction of sp³-hybridized carbons (Fsp3) is 0.333. The number of pyridine rings is 1. The Hall–Kier alpha value is -2.16. The Bertz CT molecular complexity index is 726. The lowest BCUT2D eigenvalue weighted by Crippen LogP contribution is -1.91. The molecule has 21 heavy (non-hydrogen) atoms. The number of fused-ring (bicyclic) bond motifs is 1. The molecular weight excluding hydrogens is 258 g/mol. The van der Waals surface area contributed by atoms with E-state index >= 15 is 0 Å². The number of aryl methyl sites for hydroxylation is 1. The van der Waals surface area contributed by atoms with E-state index in [1.165, 1.54) is 16.3 Å². The van der Waals surface area contributed by atoms with Crippen molar-refractivity contribution in [2.45, 2.75) is 33.6 Å². The average molecular weight is 281 g/mol. The summed E-state index contributed by atoms with van der Waals surface area (Å²) in [6.45, 7) is 8.42. The van der Waals surface area contributed by atoms with E-state index in [0.717, 1.165) is 11.3 Å². The van der Waals surface area contributed by atoms with Crippen molar-refractivity contribution in [2.24, 2.45) is 7.05 Å². The lowest BCUT2D eigenvalue weighted by atomic mass is 9.97. The molecule has 110 valence electrons. The molecule has 0 aliphatic carbocycles. The molecule has 3 rings (SSSR count).